The zero-order valence-electron chi connectivity index (χ0n) is 16.2. The number of nitrogens with zero attached hydrogens (tertiary/aromatic N) is 2. The molecule has 1 heterocycles. The lowest BCUT2D eigenvalue weighted by atomic mass is 9.81. The van der Waals surface area contributed by atoms with E-state index in [2.05, 4.69) is 12.1 Å². The number of aliphatic imine (C=N–C) groups is 1. The minimum absolute atomic E-state index is 0.0240. The molecule has 2 atom stereocenters. The molecule has 4 nitrogen and oxygen atoms in total. The third-order valence-corrected chi connectivity index (χ3v) is 5.27. The molecule has 1 aliphatic carbocycles. The highest BCUT2D eigenvalue weighted by atomic mass is 16.5. The molecule has 0 fully saturated rings. The van der Waals surface area contributed by atoms with Crippen LogP contribution in [0.5, 0.6) is 5.75 Å². The molecule has 1 aliphatic heterocycles. The van der Waals surface area contributed by atoms with Crippen molar-refractivity contribution in [1.82, 2.24) is 4.90 Å². The van der Waals surface area contributed by atoms with Crippen LogP contribution in [0.25, 0.3) is 0 Å². The Morgan fingerprint density at radius 2 is 1.75 bits per heavy atom. The first kappa shape index (κ1) is 18.2. The van der Waals surface area contributed by atoms with Crippen LogP contribution >= 0.6 is 0 Å². The van der Waals surface area contributed by atoms with Crippen LogP contribution in [-0.2, 0) is 4.79 Å². The molecule has 2 unspecified atom stereocenters. The molecule has 28 heavy (non-hydrogen) atoms. The van der Waals surface area contributed by atoms with Gasteiger partial charge in [-0.1, -0.05) is 48.6 Å². The number of allylic oxidation sites excluding steroid dienone is 2. The predicted molar refractivity (Wildman–Crippen MR) is 112 cm³/mol. The number of ether oxygens (including phenoxy) is 1. The van der Waals surface area contributed by atoms with Crippen molar-refractivity contribution in [2.45, 2.75) is 20.0 Å². The standard InChI is InChI=1S/C24H24N2O2/c1-3-26(4-2)24(27)20-15-10-14-19-22(20)25-21-16-9-8-13-18(21)23(19)28-17-11-6-5-7-12-17/h5-16,19,23H,3-4H2,1-2H3. The normalized spacial score (nSPS) is 19.8. The summed E-state index contributed by atoms with van der Waals surface area (Å²) in [4.78, 5) is 19.8. The minimum atomic E-state index is -0.226. The van der Waals surface area contributed by atoms with Gasteiger partial charge in [0.25, 0.3) is 5.91 Å². The summed E-state index contributed by atoms with van der Waals surface area (Å²) in [5.41, 5.74) is 3.36. The Morgan fingerprint density at radius 3 is 2.50 bits per heavy atom. The Balaban J connectivity index is 1.76. The van der Waals surface area contributed by atoms with Gasteiger partial charge in [-0.15, -0.1) is 0 Å². The number of likely N-dealkylation sites (N-methyl/N-ethyl adjacent to an activating group) is 1. The van der Waals surface area contributed by atoms with Gasteiger partial charge < -0.3 is 9.64 Å². The Bertz CT molecular complexity index is 956. The lowest BCUT2D eigenvalue weighted by Gasteiger charge is -2.34. The van der Waals surface area contributed by atoms with Crippen LogP contribution < -0.4 is 4.74 Å². The largest absolute Gasteiger partial charge is 0.485 e. The van der Waals surface area contributed by atoms with Gasteiger partial charge in [-0.3, -0.25) is 9.79 Å². The van der Waals surface area contributed by atoms with Crippen molar-refractivity contribution < 1.29 is 9.53 Å². The number of amides is 1. The topological polar surface area (TPSA) is 41.9 Å². The van der Waals surface area contributed by atoms with Crippen LogP contribution in [0.4, 0.5) is 5.69 Å². The van der Waals surface area contributed by atoms with Gasteiger partial charge in [0.1, 0.15) is 11.9 Å². The van der Waals surface area contributed by atoms with Crippen molar-refractivity contribution in [3.05, 3.63) is 84.0 Å². The van der Waals surface area contributed by atoms with Gasteiger partial charge in [-0.2, -0.15) is 0 Å². The highest BCUT2D eigenvalue weighted by Crippen LogP contribution is 2.42. The lowest BCUT2D eigenvalue weighted by molar-refractivity contribution is -0.126. The second-order valence-electron chi connectivity index (χ2n) is 6.88. The molecule has 2 aromatic carbocycles. The fraction of sp³-hybridized carbons (Fsp3) is 0.250. The molecule has 0 N–H and O–H groups in total. The maximum atomic E-state index is 13.1. The minimum Gasteiger partial charge on any atom is -0.485 e. The molecule has 0 aromatic heterocycles. The highest BCUT2D eigenvalue weighted by molar-refractivity contribution is 6.24. The Morgan fingerprint density at radius 1 is 1.04 bits per heavy atom. The zero-order chi connectivity index (χ0) is 19.5. The van der Waals surface area contributed by atoms with Gasteiger partial charge in [0.15, 0.2) is 0 Å². The fourth-order valence-electron chi connectivity index (χ4n) is 3.80. The van der Waals surface area contributed by atoms with E-state index in [1.807, 2.05) is 79.4 Å². The summed E-state index contributed by atoms with van der Waals surface area (Å²) in [5, 5.41) is 0. The van der Waals surface area contributed by atoms with Gasteiger partial charge in [0.05, 0.1) is 22.9 Å². The Kier molecular flexibility index (Phi) is 5.11. The van der Waals surface area contributed by atoms with Crippen molar-refractivity contribution in [3.63, 3.8) is 0 Å². The van der Waals surface area contributed by atoms with E-state index < -0.39 is 0 Å². The molecule has 0 spiro atoms. The average Bonchev–Trinajstić information content (AvgIpc) is 2.74. The van der Waals surface area contributed by atoms with E-state index in [4.69, 9.17) is 9.73 Å². The molecule has 0 saturated carbocycles. The van der Waals surface area contributed by atoms with Gasteiger partial charge in [-0.05, 0) is 38.1 Å². The van der Waals surface area contributed by atoms with Gasteiger partial charge in [0.2, 0.25) is 0 Å². The summed E-state index contributed by atoms with van der Waals surface area (Å²) in [6.07, 6.45) is 5.69. The molecular formula is C24H24N2O2. The molecule has 1 amide bonds. The number of carbonyl (C=O) groups excluding carboxylic acids is 1. The quantitative estimate of drug-likeness (QED) is 0.751. The summed E-state index contributed by atoms with van der Waals surface area (Å²) in [7, 11) is 0. The number of carbonyl (C=O) groups is 1. The monoisotopic (exact) mass is 372 g/mol. The Hall–Kier alpha value is -3.14. The van der Waals surface area contributed by atoms with Crippen molar-refractivity contribution in [2.24, 2.45) is 10.9 Å². The lowest BCUT2D eigenvalue weighted by Crippen LogP contribution is -2.39. The van der Waals surface area contributed by atoms with Crippen LogP contribution in [-0.4, -0.2) is 29.6 Å². The number of hydrogen-bond donors (Lipinski definition) is 0. The Labute approximate surface area is 165 Å². The van der Waals surface area contributed by atoms with Crippen LogP contribution in [0.1, 0.15) is 25.5 Å². The van der Waals surface area contributed by atoms with E-state index in [1.165, 1.54) is 0 Å². The van der Waals surface area contributed by atoms with E-state index in [0.717, 1.165) is 22.7 Å². The van der Waals surface area contributed by atoms with Gasteiger partial charge in [-0.25, -0.2) is 0 Å². The molecule has 0 bridgehead atoms. The first-order chi connectivity index (χ1) is 13.7. The average molecular weight is 372 g/mol. The first-order valence-electron chi connectivity index (χ1n) is 9.80. The maximum Gasteiger partial charge on any atom is 0.255 e. The first-order valence-corrected chi connectivity index (χ1v) is 9.80. The molecule has 2 aliphatic rings. The zero-order valence-corrected chi connectivity index (χ0v) is 16.2. The molecule has 4 rings (SSSR count). The molecule has 4 heteroatoms. The predicted octanol–water partition coefficient (Wildman–Crippen LogP) is 4.87. The van der Waals surface area contributed by atoms with Crippen molar-refractivity contribution in [2.75, 3.05) is 13.1 Å². The fourth-order valence-corrected chi connectivity index (χ4v) is 3.80. The maximum absolute atomic E-state index is 13.1. The van der Waals surface area contributed by atoms with E-state index in [9.17, 15) is 4.79 Å². The van der Waals surface area contributed by atoms with Crippen LogP contribution in [0.15, 0.2) is 83.4 Å². The van der Waals surface area contributed by atoms with Crippen LogP contribution in [0, 0.1) is 5.92 Å². The van der Waals surface area contributed by atoms with Crippen molar-refractivity contribution in [1.29, 1.82) is 0 Å². The van der Waals surface area contributed by atoms with E-state index in [-0.39, 0.29) is 17.9 Å². The summed E-state index contributed by atoms with van der Waals surface area (Å²) in [5.74, 6) is 0.730. The van der Waals surface area contributed by atoms with E-state index in [0.29, 0.717) is 18.7 Å². The SMILES string of the molecule is CCN(CC)C(=O)C1=CC=CC2C1=Nc1ccccc1C2Oc1ccccc1. The van der Waals surface area contributed by atoms with Gasteiger partial charge in [0, 0.05) is 18.7 Å². The van der Waals surface area contributed by atoms with E-state index in [1.54, 1.807) is 0 Å². The molecule has 0 radical (unpaired) electrons. The third kappa shape index (κ3) is 3.26. The number of hydrogen-bond acceptors (Lipinski definition) is 3. The highest BCUT2D eigenvalue weighted by Gasteiger charge is 2.38. The molecular weight excluding hydrogens is 348 g/mol. The number of fused-ring (bicyclic) bond motifs is 2. The molecule has 142 valence electrons. The van der Waals surface area contributed by atoms with Gasteiger partial charge >= 0.3 is 0 Å². The summed E-state index contributed by atoms with van der Waals surface area (Å²) >= 11 is 0. The molecule has 2 aromatic rings. The number of rotatable bonds is 5. The van der Waals surface area contributed by atoms with Crippen molar-refractivity contribution in [3.8, 4) is 5.75 Å². The second-order valence-corrected chi connectivity index (χ2v) is 6.88. The summed E-state index contributed by atoms with van der Waals surface area (Å²) in [6, 6.07) is 17.8. The third-order valence-electron chi connectivity index (χ3n) is 5.27. The second kappa shape index (κ2) is 7.85. The van der Waals surface area contributed by atoms with Crippen molar-refractivity contribution >= 4 is 17.3 Å². The smallest absolute Gasteiger partial charge is 0.255 e. The molecule has 0 saturated heterocycles. The van der Waals surface area contributed by atoms with Crippen LogP contribution in [0.3, 0.4) is 0 Å². The van der Waals surface area contributed by atoms with E-state index >= 15 is 0 Å². The number of para-hydroxylation sites is 2. The summed E-state index contributed by atoms with van der Waals surface area (Å²) in [6.45, 7) is 5.35. The van der Waals surface area contributed by atoms with Crippen LogP contribution in [0.2, 0.25) is 0 Å². The number of benzene rings is 2. The summed E-state index contributed by atoms with van der Waals surface area (Å²) < 4.78 is 6.41.